The van der Waals surface area contributed by atoms with Gasteiger partial charge in [0, 0.05) is 0 Å². The molecule has 0 unspecified atom stereocenters. The largest absolute Gasteiger partial charge is 0.507 e. The second-order valence-corrected chi connectivity index (χ2v) is 3.80. The summed E-state index contributed by atoms with van der Waals surface area (Å²) < 4.78 is 30.5. The minimum Gasteiger partial charge on any atom is -0.507 e. The van der Waals surface area contributed by atoms with Crippen molar-refractivity contribution >= 4 is 0 Å². The maximum atomic E-state index is 12.6. The number of hydrogen-bond acceptors (Lipinski definition) is 2. The Morgan fingerprint density at radius 3 is 2.44 bits per heavy atom. The van der Waals surface area contributed by atoms with E-state index in [2.05, 4.69) is 0 Å². The third-order valence-electron chi connectivity index (χ3n) is 2.48. The first-order valence-corrected chi connectivity index (χ1v) is 5.44. The molecule has 0 heterocycles. The average Bonchev–Trinajstić information content (AvgIpc) is 2.38. The van der Waals surface area contributed by atoms with Gasteiger partial charge in [-0.05, 0) is 23.8 Å². The highest BCUT2D eigenvalue weighted by Gasteiger charge is 2.13. The minimum absolute atomic E-state index is 0.300. The first-order chi connectivity index (χ1) is 8.66. The highest BCUT2D eigenvalue weighted by atomic mass is 19.3. The molecule has 0 atom stereocenters. The summed E-state index contributed by atoms with van der Waals surface area (Å²) in [5.41, 5.74) is 0.532. The van der Waals surface area contributed by atoms with Crippen molar-refractivity contribution in [1.29, 1.82) is 0 Å². The van der Waals surface area contributed by atoms with E-state index in [4.69, 9.17) is 4.74 Å². The Hall–Kier alpha value is -2.10. The van der Waals surface area contributed by atoms with E-state index in [1.807, 2.05) is 30.3 Å². The Balaban J connectivity index is 2.08. The fourth-order valence-electron chi connectivity index (χ4n) is 1.54. The lowest BCUT2D eigenvalue weighted by Crippen LogP contribution is -1.96. The minimum atomic E-state index is -2.72. The van der Waals surface area contributed by atoms with E-state index in [-0.39, 0.29) is 0 Å². The van der Waals surface area contributed by atoms with Crippen LogP contribution in [-0.4, -0.2) is 5.11 Å². The molecule has 18 heavy (non-hydrogen) atoms. The molecular weight excluding hydrogens is 238 g/mol. The molecule has 0 aliphatic heterocycles. The number of halogens is 2. The van der Waals surface area contributed by atoms with Crippen LogP contribution in [0.5, 0.6) is 11.5 Å². The number of alkyl halides is 2. The first-order valence-electron chi connectivity index (χ1n) is 5.44. The molecule has 2 nitrogen and oxygen atoms in total. The summed E-state index contributed by atoms with van der Waals surface area (Å²) in [6.45, 7) is 0.300. The van der Waals surface area contributed by atoms with Gasteiger partial charge in [0.1, 0.15) is 18.1 Å². The molecule has 94 valence electrons. The van der Waals surface area contributed by atoms with Crippen LogP contribution in [0.3, 0.4) is 0 Å². The molecule has 2 aromatic rings. The van der Waals surface area contributed by atoms with Crippen LogP contribution in [-0.2, 0) is 6.61 Å². The lowest BCUT2D eigenvalue weighted by molar-refractivity contribution is 0.147. The van der Waals surface area contributed by atoms with E-state index in [1.165, 1.54) is 12.1 Å². The second kappa shape index (κ2) is 5.49. The Kier molecular flexibility index (Phi) is 3.77. The van der Waals surface area contributed by atoms with Gasteiger partial charge in [-0.15, -0.1) is 0 Å². The summed E-state index contributed by atoms with van der Waals surface area (Å²) in [6, 6.07) is 13.2. The fourth-order valence-corrected chi connectivity index (χ4v) is 1.54. The molecule has 0 amide bonds. The molecule has 2 aromatic carbocycles. The van der Waals surface area contributed by atoms with Gasteiger partial charge in [-0.3, -0.25) is 0 Å². The molecule has 0 aliphatic carbocycles. The number of rotatable bonds is 4. The van der Waals surface area contributed by atoms with E-state index >= 15 is 0 Å². The summed E-state index contributed by atoms with van der Waals surface area (Å²) in [7, 11) is 0. The molecule has 2 rings (SSSR count). The zero-order valence-corrected chi connectivity index (χ0v) is 9.51. The molecule has 0 saturated heterocycles. The molecule has 0 radical (unpaired) electrons. The summed E-state index contributed by atoms with van der Waals surface area (Å²) in [4.78, 5) is 0. The van der Waals surface area contributed by atoms with Crippen LogP contribution in [0.15, 0.2) is 48.5 Å². The van der Waals surface area contributed by atoms with Gasteiger partial charge in [0.15, 0.2) is 0 Å². The summed E-state index contributed by atoms with van der Waals surface area (Å²) in [5, 5.41) is 9.26. The van der Waals surface area contributed by atoms with Crippen molar-refractivity contribution in [3.63, 3.8) is 0 Å². The Morgan fingerprint density at radius 1 is 1.06 bits per heavy atom. The predicted octanol–water partition coefficient (Wildman–Crippen LogP) is 3.91. The first kappa shape index (κ1) is 12.4. The maximum absolute atomic E-state index is 12.6. The Labute approximate surface area is 103 Å². The summed E-state index contributed by atoms with van der Waals surface area (Å²) in [5.74, 6) is -0.107. The topological polar surface area (TPSA) is 29.5 Å². The lowest BCUT2D eigenvalue weighted by atomic mass is 10.2. The molecule has 0 saturated carbocycles. The standard InChI is InChI=1S/C14H12F2O2/c15-14(16)12-8-11(6-7-13(12)17)18-9-10-4-2-1-3-5-10/h1-8,14,17H,9H2. The van der Waals surface area contributed by atoms with Gasteiger partial charge >= 0.3 is 0 Å². The van der Waals surface area contributed by atoms with E-state index in [0.717, 1.165) is 11.6 Å². The normalized spacial score (nSPS) is 10.6. The van der Waals surface area contributed by atoms with Crippen LogP contribution in [0.2, 0.25) is 0 Å². The van der Waals surface area contributed by atoms with Crippen LogP contribution in [0.1, 0.15) is 17.6 Å². The van der Waals surface area contributed by atoms with E-state index in [0.29, 0.717) is 12.4 Å². The average molecular weight is 250 g/mol. The third-order valence-corrected chi connectivity index (χ3v) is 2.48. The molecular formula is C14H12F2O2. The van der Waals surface area contributed by atoms with Crippen molar-refractivity contribution in [3.8, 4) is 11.5 Å². The van der Waals surface area contributed by atoms with Gasteiger partial charge < -0.3 is 9.84 Å². The molecule has 1 N–H and O–H groups in total. The number of benzene rings is 2. The number of aromatic hydroxyl groups is 1. The van der Waals surface area contributed by atoms with Crippen LogP contribution >= 0.6 is 0 Å². The van der Waals surface area contributed by atoms with Gasteiger partial charge in [0.05, 0.1) is 5.56 Å². The number of phenolic OH excluding ortho intramolecular Hbond substituents is 1. The van der Waals surface area contributed by atoms with E-state index in [1.54, 1.807) is 0 Å². The Morgan fingerprint density at radius 2 is 1.78 bits per heavy atom. The molecule has 4 heteroatoms. The molecule has 0 aliphatic rings. The maximum Gasteiger partial charge on any atom is 0.267 e. The SMILES string of the molecule is Oc1ccc(OCc2ccccc2)cc1C(F)F. The Bertz CT molecular complexity index is 512. The van der Waals surface area contributed by atoms with Crippen molar-refractivity contribution in [1.82, 2.24) is 0 Å². The zero-order chi connectivity index (χ0) is 13.0. The predicted molar refractivity (Wildman–Crippen MR) is 63.8 cm³/mol. The van der Waals surface area contributed by atoms with Crippen molar-refractivity contribution < 1.29 is 18.6 Å². The smallest absolute Gasteiger partial charge is 0.267 e. The summed E-state index contributed by atoms with van der Waals surface area (Å²) in [6.07, 6.45) is -2.72. The monoisotopic (exact) mass is 250 g/mol. The molecule has 0 bridgehead atoms. The van der Waals surface area contributed by atoms with Gasteiger partial charge in [0.25, 0.3) is 6.43 Å². The number of phenols is 1. The van der Waals surface area contributed by atoms with Gasteiger partial charge in [-0.1, -0.05) is 30.3 Å². The van der Waals surface area contributed by atoms with Gasteiger partial charge in [0.2, 0.25) is 0 Å². The van der Waals surface area contributed by atoms with Crippen LogP contribution in [0, 0.1) is 0 Å². The highest BCUT2D eigenvalue weighted by molar-refractivity contribution is 5.40. The quantitative estimate of drug-likeness (QED) is 0.891. The lowest BCUT2D eigenvalue weighted by Gasteiger charge is -2.09. The van der Waals surface area contributed by atoms with Crippen molar-refractivity contribution in [2.45, 2.75) is 13.0 Å². The van der Waals surface area contributed by atoms with Gasteiger partial charge in [-0.25, -0.2) is 8.78 Å². The third kappa shape index (κ3) is 2.97. The van der Waals surface area contributed by atoms with Crippen molar-refractivity contribution in [3.05, 3.63) is 59.7 Å². The van der Waals surface area contributed by atoms with Crippen LogP contribution in [0.25, 0.3) is 0 Å². The van der Waals surface area contributed by atoms with Gasteiger partial charge in [-0.2, -0.15) is 0 Å². The second-order valence-electron chi connectivity index (χ2n) is 3.80. The van der Waals surface area contributed by atoms with Crippen molar-refractivity contribution in [2.75, 3.05) is 0 Å². The fraction of sp³-hybridized carbons (Fsp3) is 0.143. The highest BCUT2D eigenvalue weighted by Crippen LogP contribution is 2.31. The summed E-state index contributed by atoms with van der Waals surface area (Å²) >= 11 is 0. The van der Waals surface area contributed by atoms with Crippen molar-refractivity contribution in [2.24, 2.45) is 0 Å². The van der Waals surface area contributed by atoms with E-state index < -0.39 is 17.7 Å². The molecule has 0 spiro atoms. The number of hydrogen-bond donors (Lipinski definition) is 1. The van der Waals surface area contributed by atoms with Crippen LogP contribution < -0.4 is 4.74 Å². The number of ether oxygens (including phenoxy) is 1. The van der Waals surface area contributed by atoms with E-state index in [9.17, 15) is 13.9 Å². The molecule has 0 fully saturated rings. The van der Waals surface area contributed by atoms with Crippen LogP contribution in [0.4, 0.5) is 8.78 Å². The zero-order valence-electron chi connectivity index (χ0n) is 9.51. The molecule has 0 aromatic heterocycles.